The van der Waals surface area contributed by atoms with Gasteiger partial charge in [-0.05, 0) is 18.3 Å². The maximum absolute atomic E-state index is 10.4. The molecule has 0 spiro atoms. The lowest BCUT2D eigenvalue weighted by Gasteiger charge is -2.14. The van der Waals surface area contributed by atoms with E-state index in [9.17, 15) is 4.79 Å². The van der Waals surface area contributed by atoms with Crippen LogP contribution in [0.25, 0.3) is 0 Å². The molecule has 0 saturated heterocycles. The second-order valence-electron chi connectivity index (χ2n) is 4.46. The van der Waals surface area contributed by atoms with Crippen molar-refractivity contribution in [3.63, 3.8) is 0 Å². The van der Waals surface area contributed by atoms with Crippen LogP contribution in [0.15, 0.2) is 5.16 Å². The maximum Gasteiger partial charge on any atom is 0.243 e. The van der Waals surface area contributed by atoms with Crippen LogP contribution in [0.4, 0.5) is 0 Å². The fourth-order valence-corrected chi connectivity index (χ4v) is 1.68. The molecule has 1 rings (SSSR count). The Labute approximate surface area is 100 Å². The number of nitrogens with two attached hydrogens (primary N) is 2. The molecule has 0 radical (unpaired) electrons. The molecule has 1 aliphatic rings. The normalized spacial score (nSPS) is 18.0. The van der Waals surface area contributed by atoms with Crippen molar-refractivity contribution in [1.29, 1.82) is 0 Å². The van der Waals surface area contributed by atoms with Crippen LogP contribution in [0, 0.1) is 5.41 Å². The Morgan fingerprint density at radius 1 is 1.47 bits per heavy atom. The lowest BCUT2D eigenvalue weighted by molar-refractivity contribution is -0.122. The molecule has 0 aliphatic heterocycles. The minimum absolute atomic E-state index is 0.0447. The van der Waals surface area contributed by atoms with Gasteiger partial charge >= 0.3 is 0 Å². The molecule has 6 N–H and O–H groups in total. The number of carbonyl (C=O) groups excluding carboxylic acids is 1. The summed E-state index contributed by atoms with van der Waals surface area (Å²) in [6.45, 7) is 1.87. The summed E-state index contributed by atoms with van der Waals surface area (Å²) < 4.78 is 5.01. The van der Waals surface area contributed by atoms with Crippen molar-refractivity contribution in [3.8, 4) is 0 Å². The molecule has 1 amide bonds. The monoisotopic (exact) mass is 244 g/mol. The third-order valence-electron chi connectivity index (χ3n) is 2.81. The number of primary amides is 1. The molecule has 1 fully saturated rings. The predicted molar refractivity (Wildman–Crippen MR) is 62.6 cm³/mol. The number of carbonyl (C=O) groups is 1. The highest BCUT2D eigenvalue weighted by molar-refractivity contribution is 5.80. The number of nitrogens with zero attached hydrogens (tertiary/aromatic N) is 1. The Bertz CT molecular complexity index is 289. The molecule has 0 aromatic rings. The minimum Gasteiger partial charge on any atom is -0.409 e. The molecular weight excluding hydrogens is 224 g/mol. The average Bonchev–Trinajstić information content (AvgIpc) is 3.03. The van der Waals surface area contributed by atoms with Crippen LogP contribution in [0.3, 0.4) is 0 Å². The van der Waals surface area contributed by atoms with Crippen molar-refractivity contribution in [1.82, 2.24) is 5.32 Å². The highest BCUT2D eigenvalue weighted by Crippen LogP contribution is 2.48. The molecule has 0 atom stereocenters. The second kappa shape index (κ2) is 6.41. The molecule has 7 nitrogen and oxygen atoms in total. The van der Waals surface area contributed by atoms with Gasteiger partial charge in [-0.25, -0.2) is 0 Å². The number of rotatable bonds is 9. The van der Waals surface area contributed by atoms with Crippen LogP contribution in [-0.4, -0.2) is 43.3 Å². The van der Waals surface area contributed by atoms with Crippen molar-refractivity contribution in [3.05, 3.63) is 0 Å². The topological polar surface area (TPSA) is 123 Å². The van der Waals surface area contributed by atoms with Gasteiger partial charge in [-0.2, -0.15) is 0 Å². The van der Waals surface area contributed by atoms with E-state index >= 15 is 0 Å². The Morgan fingerprint density at radius 2 is 2.18 bits per heavy atom. The van der Waals surface area contributed by atoms with Crippen molar-refractivity contribution in [2.45, 2.75) is 19.3 Å². The summed E-state index contributed by atoms with van der Waals surface area (Å²) in [6, 6.07) is 0. The van der Waals surface area contributed by atoms with E-state index in [0.717, 1.165) is 19.4 Å². The molecule has 1 saturated carbocycles. The first kappa shape index (κ1) is 13.7. The zero-order valence-corrected chi connectivity index (χ0v) is 9.82. The molecule has 0 aromatic heterocycles. The van der Waals surface area contributed by atoms with Gasteiger partial charge in [0, 0.05) is 19.5 Å². The van der Waals surface area contributed by atoms with Gasteiger partial charge in [0.2, 0.25) is 5.91 Å². The third kappa shape index (κ3) is 5.50. The van der Waals surface area contributed by atoms with Crippen LogP contribution < -0.4 is 16.8 Å². The summed E-state index contributed by atoms with van der Waals surface area (Å²) in [5.74, 6) is -0.190. The van der Waals surface area contributed by atoms with Gasteiger partial charge in [-0.15, -0.1) is 0 Å². The molecule has 0 heterocycles. The van der Waals surface area contributed by atoms with Gasteiger partial charge in [0.25, 0.3) is 0 Å². The molecule has 0 aromatic carbocycles. The molecule has 17 heavy (non-hydrogen) atoms. The van der Waals surface area contributed by atoms with Crippen LogP contribution in [0.2, 0.25) is 0 Å². The van der Waals surface area contributed by atoms with E-state index in [1.54, 1.807) is 0 Å². The SMILES string of the molecule is NC(=O)COCCNCC1(CC(N)=NO)CC1. The number of hydrogen-bond acceptors (Lipinski definition) is 5. The van der Waals surface area contributed by atoms with Gasteiger partial charge in [-0.3, -0.25) is 4.79 Å². The zero-order valence-electron chi connectivity index (χ0n) is 9.82. The first-order chi connectivity index (χ1) is 8.08. The molecule has 0 bridgehead atoms. The molecular formula is C10H20N4O3. The number of amidine groups is 1. The highest BCUT2D eigenvalue weighted by Gasteiger charge is 2.42. The predicted octanol–water partition coefficient (Wildman–Crippen LogP) is -1.01. The second-order valence-corrected chi connectivity index (χ2v) is 4.46. The van der Waals surface area contributed by atoms with Gasteiger partial charge in [0.05, 0.1) is 6.61 Å². The Morgan fingerprint density at radius 3 is 2.71 bits per heavy atom. The summed E-state index contributed by atoms with van der Waals surface area (Å²) in [7, 11) is 0. The van der Waals surface area contributed by atoms with E-state index in [-0.39, 0.29) is 17.9 Å². The summed E-state index contributed by atoms with van der Waals surface area (Å²) >= 11 is 0. The molecule has 1 aliphatic carbocycles. The molecule has 98 valence electrons. The van der Waals surface area contributed by atoms with E-state index in [0.29, 0.717) is 19.6 Å². The van der Waals surface area contributed by atoms with Gasteiger partial charge in [0.1, 0.15) is 12.4 Å². The zero-order chi connectivity index (χ0) is 12.7. The van der Waals surface area contributed by atoms with E-state index in [4.69, 9.17) is 21.4 Å². The Kier molecular flexibility index (Phi) is 5.17. The first-order valence-electron chi connectivity index (χ1n) is 5.61. The quantitative estimate of drug-likeness (QED) is 0.136. The van der Waals surface area contributed by atoms with Crippen LogP contribution >= 0.6 is 0 Å². The standard InChI is InChI=1S/C10H20N4O3/c11-8(14-16)5-10(1-2-10)7-13-3-4-17-6-9(12)15/h13,16H,1-7H2,(H2,11,14)(H2,12,15). The van der Waals surface area contributed by atoms with E-state index in [2.05, 4.69) is 10.5 Å². The molecule has 0 unspecified atom stereocenters. The van der Waals surface area contributed by atoms with E-state index in [1.165, 1.54) is 0 Å². The minimum atomic E-state index is -0.462. The lowest BCUT2D eigenvalue weighted by atomic mass is 10.0. The van der Waals surface area contributed by atoms with Gasteiger partial charge in [0.15, 0.2) is 0 Å². The third-order valence-corrected chi connectivity index (χ3v) is 2.81. The summed E-state index contributed by atoms with van der Waals surface area (Å²) in [6.07, 6.45) is 2.77. The summed E-state index contributed by atoms with van der Waals surface area (Å²) in [5, 5.41) is 14.7. The first-order valence-corrected chi connectivity index (χ1v) is 5.61. The van der Waals surface area contributed by atoms with E-state index < -0.39 is 5.91 Å². The summed E-state index contributed by atoms with van der Waals surface area (Å²) in [5.41, 5.74) is 10.5. The maximum atomic E-state index is 10.4. The highest BCUT2D eigenvalue weighted by atomic mass is 16.5. The van der Waals surface area contributed by atoms with Crippen molar-refractivity contribution >= 4 is 11.7 Å². The van der Waals surface area contributed by atoms with Gasteiger partial charge < -0.3 is 26.7 Å². The Balaban J connectivity index is 2.04. The number of hydrogen-bond donors (Lipinski definition) is 4. The van der Waals surface area contributed by atoms with Crippen LogP contribution in [-0.2, 0) is 9.53 Å². The van der Waals surface area contributed by atoms with Crippen molar-refractivity contribution in [2.24, 2.45) is 22.0 Å². The number of amides is 1. The van der Waals surface area contributed by atoms with Crippen molar-refractivity contribution in [2.75, 3.05) is 26.3 Å². The fraction of sp³-hybridized carbons (Fsp3) is 0.800. The van der Waals surface area contributed by atoms with Crippen molar-refractivity contribution < 1.29 is 14.7 Å². The fourth-order valence-electron chi connectivity index (χ4n) is 1.68. The smallest absolute Gasteiger partial charge is 0.243 e. The van der Waals surface area contributed by atoms with Crippen LogP contribution in [0.5, 0.6) is 0 Å². The average molecular weight is 244 g/mol. The van der Waals surface area contributed by atoms with Gasteiger partial charge in [-0.1, -0.05) is 5.16 Å². The summed E-state index contributed by atoms with van der Waals surface area (Å²) in [4.78, 5) is 10.4. The largest absolute Gasteiger partial charge is 0.409 e. The number of oxime groups is 1. The molecule has 7 heteroatoms. The Hall–Kier alpha value is -1.34. The van der Waals surface area contributed by atoms with Crippen LogP contribution in [0.1, 0.15) is 19.3 Å². The lowest BCUT2D eigenvalue weighted by Crippen LogP contribution is -2.31. The number of nitrogens with one attached hydrogen (secondary N) is 1. The number of ether oxygens (including phenoxy) is 1. The van der Waals surface area contributed by atoms with E-state index in [1.807, 2.05) is 0 Å².